The van der Waals surface area contributed by atoms with Crippen LogP contribution in [0.25, 0.3) is 0 Å². The summed E-state index contributed by atoms with van der Waals surface area (Å²) in [7, 11) is 0. The fourth-order valence-electron chi connectivity index (χ4n) is 9.76. The summed E-state index contributed by atoms with van der Waals surface area (Å²) in [5, 5.41) is 45.0. The normalized spacial score (nSPS) is 14.2. The Labute approximate surface area is 570 Å². The van der Waals surface area contributed by atoms with Crippen LogP contribution in [0, 0.1) is 23.7 Å². The summed E-state index contributed by atoms with van der Waals surface area (Å²) < 4.78 is 0. The van der Waals surface area contributed by atoms with Crippen LogP contribution >= 0.6 is 0 Å². The average molecular weight is 1370 g/mol. The number of unbranched alkanes of at least 4 members (excludes halogenated alkanes) is 2. The van der Waals surface area contributed by atoms with Crippen molar-refractivity contribution in [1.82, 2.24) is 73.1 Å². The van der Waals surface area contributed by atoms with Crippen LogP contribution in [0.3, 0.4) is 0 Å². The van der Waals surface area contributed by atoms with Gasteiger partial charge in [-0.3, -0.25) is 47.9 Å². The summed E-state index contributed by atoms with van der Waals surface area (Å²) >= 11 is 0. The SMILES string of the molecule is CC(C)[C@H](NC(=O)[C@H](Cc1ccccc1)NC(=O)[C@@H](NC(=O)CNC(=O)[C@H](Cc1cnc[nH]1)NC(=O)[C@@H](N)CCCCN)C(C)C)C(=O)O.CC(C)[C@H](NC(=O)[C@H](Cc1ccccc1)NC(=O)[C@@H](NC(=O)CNC(=O)[C@H](Cc1cnc[nH]1)NC(=O)[C@@H](N)CCCCN)C(C)C)C(=O)O. The molecule has 10 amide bonds. The second kappa shape index (κ2) is 43.5. The minimum absolute atomic E-state index is 0.0517. The van der Waals surface area contributed by atoms with E-state index in [-0.39, 0.29) is 25.7 Å². The van der Waals surface area contributed by atoms with E-state index < -0.39 is 168 Å². The highest BCUT2D eigenvalue weighted by molar-refractivity contribution is 5.97. The number of carboxylic acid groups (broad SMARTS) is 2. The predicted octanol–water partition coefficient (Wildman–Crippen LogP) is -1.79. The van der Waals surface area contributed by atoms with Gasteiger partial charge in [0.1, 0.15) is 48.3 Å². The van der Waals surface area contributed by atoms with E-state index in [4.69, 9.17) is 22.9 Å². The van der Waals surface area contributed by atoms with Crippen molar-refractivity contribution in [1.29, 1.82) is 0 Å². The number of benzene rings is 2. The molecule has 0 unspecified atom stereocenters. The second-order valence-electron chi connectivity index (χ2n) is 25.1. The molecule has 32 nitrogen and oxygen atoms in total. The van der Waals surface area contributed by atoms with Crippen LogP contribution in [0.1, 0.15) is 116 Å². The average Bonchev–Trinajstić information content (AvgIpc) is 1.59. The van der Waals surface area contributed by atoms with E-state index in [1.54, 1.807) is 116 Å². The molecule has 32 heteroatoms. The monoisotopic (exact) mass is 1370 g/mol. The van der Waals surface area contributed by atoms with E-state index in [1.807, 2.05) is 0 Å². The smallest absolute Gasteiger partial charge is 0.326 e. The molecule has 0 saturated carbocycles. The molecule has 4 aromatic rings. The van der Waals surface area contributed by atoms with Gasteiger partial charge in [0.25, 0.3) is 0 Å². The second-order valence-corrected chi connectivity index (χ2v) is 25.1. The molecule has 540 valence electrons. The van der Waals surface area contributed by atoms with Gasteiger partial charge in [0.15, 0.2) is 0 Å². The molecule has 0 aliphatic heterocycles. The lowest BCUT2D eigenvalue weighted by Gasteiger charge is -2.27. The molecule has 2 aromatic heterocycles. The Bertz CT molecular complexity index is 2950. The van der Waals surface area contributed by atoms with E-state index in [2.05, 4.69) is 73.1 Å². The molecule has 10 atom stereocenters. The first kappa shape index (κ1) is 82.6. The zero-order chi connectivity index (χ0) is 73.0. The van der Waals surface area contributed by atoms with Crippen molar-refractivity contribution >= 4 is 71.0 Å². The number of H-pyrrole nitrogens is 2. The first-order valence-corrected chi connectivity index (χ1v) is 32.8. The molecular formula is C66H102N18O14. The number of aromatic nitrogens is 4. The molecule has 0 bridgehead atoms. The van der Waals surface area contributed by atoms with Gasteiger partial charge in [0.2, 0.25) is 59.1 Å². The van der Waals surface area contributed by atoms with E-state index in [0.717, 1.165) is 11.1 Å². The summed E-state index contributed by atoms with van der Waals surface area (Å²) in [6.45, 7) is 13.3. The molecule has 0 aliphatic carbocycles. The van der Waals surface area contributed by atoms with Crippen molar-refractivity contribution < 1.29 is 67.7 Å². The van der Waals surface area contributed by atoms with Crippen molar-refractivity contribution in [2.45, 2.75) is 180 Å². The minimum Gasteiger partial charge on any atom is -0.480 e. The van der Waals surface area contributed by atoms with Crippen LogP contribution in [0.5, 0.6) is 0 Å². The van der Waals surface area contributed by atoms with Gasteiger partial charge in [0.05, 0.1) is 37.8 Å². The molecule has 2 aromatic carbocycles. The van der Waals surface area contributed by atoms with E-state index in [1.165, 1.54) is 25.0 Å². The largest absolute Gasteiger partial charge is 0.480 e. The number of hydrogen-bond acceptors (Lipinski definition) is 18. The number of imidazole rings is 2. The van der Waals surface area contributed by atoms with Crippen molar-refractivity contribution in [3.63, 3.8) is 0 Å². The van der Waals surface area contributed by atoms with Crippen LogP contribution in [-0.2, 0) is 83.2 Å². The fraction of sp³-hybridized carbons (Fsp3) is 0.545. The number of aliphatic carboxylic acids is 2. The van der Waals surface area contributed by atoms with Crippen molar-refractivity contribution in [3.05, 3.63) is 108 Å². The van der Waals surface area contributed by atoms with Gasteiger partial charge in [-0.1, -0.05) is 129 Å². The Morgan fingerprint density at radius 3 is 1.00 bits per heavy atom. The Hall–Kier alpha value is -9.66. The molecule has 4 rings (SSSR count). The van der Waals surface area contributed by atoms with Gasteiger partial charge in [-0.25, -0.2) is 19.6 Å². The number of aromatic amines is 2. The van der Waals surface area contributed by atoms with Crippen LogP contribution in [-0.4, -0.2) is 188 Å². The first-order chi connectivity index (χ1) is 46.5. The number of nitrogens with zero attached hydrogens (tertiary/aromatic N) is 2. The number of hydrogen-bond donors (Lipinski definition) is 18. The summed E-state index contributed by atoms with van der Waals surface area (Å²) in [6.07, 6.45) is 9.56. The van der Waals surface area contributed by atoms with Gasteiger partial charge >= 0.3 is 11.9 Å². The maximum absolute atomic E-state index is 13.5. The summed E-state index contributed by atoms with van der Waals surface area (Å²) in [5.74, 6) is -10.6. The Kier molecular flexibility index (Phi) is 36.7. The van der Waals surface area contributed by atoms with E-state index >= 15 is 0 Å². The molecule has 98 heavy (non-hydrogen) atoms. The highest BCUT2D eigenvalue weighted by Crippen LogP contribution is 2.13. The highest BCUT2D eigenvalue weighted by Gasteiger charge is 2.35. The van der Waals surface area contributed by atoms with E-state index in [0.29, 0.717) is 63.0 Å². The number of rotatable bonds is 42. The topological polar surface area (TPSA) is 527 Å². The highest BCUT2D eigenvalue weighted by atomic mass is 16.4. The zero-order valence-electron chi connectivity index (χ0n) is 57.1. The number of carbonyl (C=O) groups is 12. The quantitative estimate of drug-likeness (QED) is 0.0218. The van der Waals surface area contributed by atoms with Crippen LogP contribution in [0.4, 0.5) is 0 Å². The van der Waals surface area contributed by atoms with Gasteiger partial charge < -0.3 is 96.3 Å². The standard InChI is InChI=1S/2C33H51N9O7/c2*1-19(2)27(32(47)40-24(14-21-10-6-5-7-11-21)31(46)42-28(20(3)4)33(48)49)41-26(43)17-37-30(45)25(15-22-16-36-18-38-22)39-29(44)23(35)12-8-9-13-34/h2*5-7,10-11,16,18-20,23-25,27-28H,8-9,12-15,17,34-35H2,1-4H3,(H,36,38)(H,37,45)(H,39,44)(H,40,47)(H,41,43)(H,42,46)(H,48,49)/t2*23-,24-,25-,27-,28-/m00/s1. The third-order valence-electron chi connectivity index (χ3n) is 15.5. The van der Waals surface area contributed by atoms with Gasteiger partial charge in [-0.2, -0.15) is 0 Å². The fourth-order valence-corrected chi connectivity index (χ4v) is 9.76. The van der Waals surface area contributed by atoms with Crippen molar-refractivity contribution in [3.8, 4) is 0 Å². The summed E-state index contributed by atoms with van der Waals surface area (Å²) in [6, 6.07) is 7.01. The Morgan fingerprint density at radius 2 is 0.714 bits per heavy atom. The van der Waals surface area contributed by atoms with Gasteiger partial charge in [-0.05, 0) is 73.6 Å². The van der Waals surface area contributed by atoms with Gasteiger partial charge in [-0.15, -0.1) is 0 Å². The number of carboxylic acids is 2. The molecular weight excluding hydrogens is 1270 g/mol. The molecule has 0 aliphatic rings. The van der Waals surface area contributed by atoms with Crippen LogP contribution in [0.2, 0.25) is 0 Å². The number of nitrogens with one attached hydrogen (secondary N) is 12. The van der Waals surface area contributed by atoms with Gasteiger partial charge in [0, 0.05) is 49.5 Å². The molecule has 0 fully saturated rings. The lowest BCUT2D eigenvalue weighted by atomic mass is 9.99. The Balaban J connectivity index is 0.000000510. The summed E-state index contributed by atoms with van der Waals surface area (Å²) in [5.41, 5.74) is 25.6. The third-order valence-corrected chi connectivity index (χ3v) is 15.5. The molecule has 2 heterocycles. The lowest BCUT2D eigenvalue weighted by molar-refractivity contribution is -0.144. The lowest BCUT2D eigenvalue weighted by Crippen LogP contribution is -2.59. The maximum Gasteiger partial charge on any atom is 0.326 e. The van der Waals surface area contributed by atoms with Crippen molar-refractivity contribution in [2.24, 2.45) is 46.6 Å². The first-order valence-electron chi connectivity index (χ1n) is 32.8. The summed E-state index contributed by atoms with van der Waals surface area (Å²) in [4.78, 5) is 168. The predicted molar refractivity (Wildman–Crippen MR) is 363 cm³/mol. The number of nitrogens with two attached hydrogens (primary N) is 4. The van der Waals surface area contributed by atoms with Crippen LogP contribution in [0.15, 0.2) is 85.7 Å². The maximum atomic E-state index is 13.5. The minimum atomic E-state index is -1.21. The zero-order valence-corrected chi connectivity index (χ0v) is 57.1. The Morgan fingerprint density at radius 1 is 0.398 bits per heavy atom. The molecule has 22 N–H and O–H groups in total. The molecule has 0 saturated heterocycles. The third kappa shape index (κ3) is 30.2. The van der Waals surface area contributed by atoms with E-state index in [9.17, 15) is 67.7 Å². The molecule has 0 spiro atoms. The number of amides is 10. The van der Waals surface area contributed by atoms with Crippen LogP contribution < -0.4 is 76.1 Å². The number of carbonyl (C=O) groups excluding carboxylic acids is 10. The van der Waals surface area contributed by atoms with Crippen molar-refractivity contribution in [2.75, 3.05) is 26.2 Å². The molecule has 0 radical (unpaired) electrons.